The van der Waals surface area contributed by atoms with E-state index in [9.17, 15) is 19.2 Å². The number of ketones is 1. The third kappa shape index (κ3) is 5.33. The Morgan fingerprint density at radius 3 is 2.81 bits per heavy atom. The van der Waals surface area contributed by atoms with Crippen LogP contribution in [0, 0.1) is 5.92 Å². The number of carbonyl (C=O) groups is 4. The normalized spacial score (nSPS) is 18.2. The van der Waals surface area contributed by atoms with Gasteiger partial charge >= 0.3 is 6.09 Å². The van der Waals surface area contributed by atoms with Crippen LogP contribution in [0.1, 0.15) is 25.8 Å². The van der Waals surface area contributed by atoms with Crippen molar-refractivity contribution in [1.29, 1.82) is 0 Å². The van der Waals surface area contributed by atoms with Crippen LogP contribution in [-0.4, -0.2) is 48.9 Å². The van der Waals surface area contributed by atoms with Crippen LogP contribution in [0.5, 0.6) is 0 Å². The van der Waals surface area contributed by atoms with Gasteiger partial charge in [-0.15, -0.1) is 0 Å². The number of furan rings is 1. The zero-order valence-electron chi connectivity index (χ0n) is 14.7. The quantitative estimate of drug-likeness (QED) is 0.590. The first kappa shape index (κ1) is 19.5. The lowest BCUT2D eigenvalue weighted by Gasteiger charge is -2.26. The lowest BCUT2D eigenvalue weighted by molar-refractivity contribution is -0.142. The molecule has 1 aliphatic rings. The Hall–Kier alpha value is -2.84. The van der Waals surface area contributed by atoms with Gasteiger partial charge in [-0.3, -0.25) is 14.4 Å². The van der Waals surface area contributed by atoms with E-state index in [1.54, 1.807) is 26.2 Å². The molecule has 0 bridgehead atoms. The molecule has 1 aromatic rings. The molecule has 2 unspecified atom stereocenters. The molecule has 3 amide bonds. The Kier molecular flexibility index (Phi) is 6.76. The number of carbonyl (C=O) groups excluding carboxylic acids is 4. The number of rotatable bonds is 7. The second-order valence-corrected chi connectivity index (χ2v) is 6.35. The van der Waals surface area contributed by atoms with E-state index in [2.05, 4.69) is 16.0 Å². The molecule has 142 valence electrons. The van der Waals surface area contributed by atoms with Gasteiger partial charge in [0.2, 0.25) is 11.7 Å². The fraction of sp³-hybridized carbons (Fsp3) is 0.529. The first-order chi connectivity index (χ1) is 12.4. The first-order valence-electron chi connectivity index (χ1n) is 8.45. The molecule has 2 atom stereocenters. The molecule has 26 heavy (non-hydrogen) atoms. The van der Waals surface area contributed by atoms with Crippen LogP contribution in [-0.2, 0) is 25.5 Å². The van der Waals surface area contributed by atoms with Crippen LogP contribution in [0.25, 0.3) is 0 Å². The maximum Gasteiger partial charge on any atom is 0.407 e. The van der Waals surface area contributed by atoms with E-state index < -0.39 is 35.8 Å². The number of nitrogens with one attached hydrogen (secondary N) is 3. The summed E-state index contributed by atoms with van der Waals surface area (Å²) in [5.41, 5.74) is 0.894. The maximum atomic E-state index is 12.4. The highest BCUT2D eigenvalue weighted by atomic mass is 16.5. The van der Waals surface area contributed by atoms with Gasteiger partial charge in [0.05, 0.1) is 25.2 Å². The lowest BCUT2D eigenvalue weighted by atomic mass is 10.0. The molecule has 3 N–H and O–H groups in total. The molecule has 0 radical (unpaired) electrons. The van der Waals surface area contributed by atoms with Crippen molar-refractivity contribution in [2.24, 2.45) is 5.92 Å². The lowest BCUT2D eigenvalue weighted by Crippen LogP contribution is -2.58. The Labute approximate surface area is 150 Å². The number of hydrogen-bond acceptors (Lipinski definition) is 6. The molecule has 0 aromatic carbocycles. The van der Waals surface area contributed by atoms with E-state index in [0.717, 1.165) is 5.56 Å². The molecule has 0 aliphatic carbocycles. The third-order valence-corrected chi connectivity index (χ3v) is 4.00. The minimum atomic E-state index is -0.880. The van der Waals surface area contributed by atoms with Crippen molar-refractivity contribution in [1.82, 2.24) is 16.0 Å². The summed E-state index contributed by atoms with van der Waals surface area (Å²) in [7, 11) is 0. The smallest absolute Gasteiger partial charge is 0.407 e. The van der Waals surface area contributed by atoms with E-state index in [0.29, 0.717) is 19.4 Å². The zero-order valence-corrected chi connectivity index (χ0v) is 14.7. The molecular weight excluding hydrogens is 342 g/mol. The zero-order chi connectivity index (χ0) is 19.1. The van der Waals surface area contributed by atoms with Crippen LogP contribution in [0.3, 0.4) is 0 Å². The first-order valence-corrected chi connectivity index (χ1v) is 8.45. The van der Waals surface area contributed by atoms with E-state index in [-0.39, 0.29) is 12.5 Å². The molecule has 1 aromatic heterocycles. The summed E-state index contributed by atoms with van der Waals surface area (Å²) in [6.45, 7) is 3.96. The Morgan fingerprint density at radius 2 is 2.15 bits per heavy atom. The Morgan fingerprint density at radius 1 is 1.38 bits per heavy atom. The van der Waals surface area contributed by atoms with Gasteiger partial charge in [0.25, 0.3) is 5.91 Å². The summed E-state index contributed by atoms with van der Waals surface area (Å²) in [6, 6.07) is 0.00815. The highest BCUT2D eigenvalue weighted by molar-refractivity contribution is 6.39. The summed E-state index contributed by atoms with van der Waals surface area (Å²) >= 11 is 0. The molecule has 1 fully saturated rings. The summed E-state index contributed by atoms with van der Waals surface area (Å²) < 4.78 is 9.99. The highest BCUT2D eigenvalue weighted by Crippen LogP contribution is 2.06. The summed E-state index contributed by atoms with van der Waals surface area (Å²) in [6.07, 6.45) is 3.17. The van der Waals surface area contributed by atoms with E-state index >= 15 is 0 Å². The van der Waals surface area contributed by atoms with Crippen molar-refractivity contribution < 1.29 is 28.3 Å². The number of piperidine rings is 1. The van der Waals surface area contributed by atoms with Crippen molar-refractivity contribution in [3.63, 3.8) is 0 Å². The van der Waals surface area contributed by atoms with Crippen LogP contribution < -0.4 is 16.0 Å². The minimum absolute atomic E-state index is 0.138. The third-order valence-electron chi connectivity index (χ3n) is 4.00. The van der Waals surface area contributed by atoms with Crippen molar-refractivity contribution in [3.8, 4) is 0 Å². The fourth-order valence-corrected chi connectivity index (χ4v) is 2.51. The van der Waals surface area contributed by atoms with Gasteiger partial charge in [0, 0.05) is 13.0 Å². The van der Waals surface area contributed by atoms with Crippen LogP contribution >= 0.6 is 0 Å². The summed E-state index contributed by atoms with van der Waals surface area (Å²) in [4.78, 5) is 47.5. The second-order valence-electron chi connectivity index (χ2n) is 6.35. The molecule has 9 nitrogen and oxygen atoms in total. The molecule has 1 aliphatic heterocycles. The molecule has 0 saturated carbocycles. The number of amides is 3. The molecule has 1 saturated heterocycles. The van der Waals surface area contributed by atoms with E-state index in [4.69, 9.17) is 9.15 Å². The van der Waals surface area contributed by atoms with Gasteiger partial charge in [-0.25, -0.2) is 4.79 Å². The maximum absolute atomic E-state index is 12.4. The largest absolute Gasteiger partial charge is 0.472 e. The molecule has 9 heteroatoms. The molecular formula is C17H23N3O6. The number of hydrogen-bond donors (Lipinski definition) is 3. The average molecular weight is 365 g/mol. The van der Waals surface area contributed by atoms with Gasteiger partial charge < -0.3 is 25.1 Å². The number of Topliss-reactive ketones (excluding diaryl/α,β-unsaturated/α-hetero) is 1. The summed E-state index contributed by atoms with van der Waals surface area (Å²) in [5, 5.41) is 7.45. The topological polar surface area (TPSA) is 127 Å². The number of alkyl carbamates (subject to hydrolysis) is 1. The molecule has 2 rings (SSSR count). The Bertz CT molecular complexity index is 655. The van der Waals surface area contributed by atoms with Gasteiger partial charge in [-0.2, -0.15) is 0 Å². The minimum Gasteiger partial charge on any atom is -0.472 e. The van der Waals surface area contributed by atoms with E-state index in [1.165, 1.54) is 6.26 Å². The molecule has 2 heterocycles. The predicted molar refractivity (Wildman–Crippen MR) is 90.1 cm³/mol. The van der Waals surface area contributed by atoms with Crippen molar-refractivity contribution in [2.45, 2.75) is 38.8 Å². The molecule has 0 spiro atoms. The Balaban J connectivity index is 1.84. The van der Waals surface area contributed by atoms with Gasteiger partial charge in [0.15, 0.2) is 0 Å². The van der Waals surface area contributed by atoms with Gasteiger partial charge in [0.1, 0.15) is 6.04 Å². The van der Waals surface area contributed by atoms with Crippen molar-refractivity contribution >= 4 is 23.7 Å². The fourth-order valence-electron chi connectivity index (χ4n) is 2.51. The van der Waals surface area contributed by atoms with Gasteiger partial charge in [-0.05, 0) is 24.0 Å². The van der Waals surface area contributed by atoms with Crippen LogP contribution in [0.15, 0.2) is 23.0 Å². The predicted octanol–water partition coefficient (Wildman–Crippen LogP) is 0.147. The average Bonchev–Trinajstić information content (AvgIpc) is 3.10. The van der Waals surface area contributed by atoms with Crippen LogP contribution in [0.2, 0.25) is 0 Å². The van der Waals surface area contributed by atoms with Crippen LogP contribution in [0.4, 0.5) is 4.79 Å². The second kappa shape index (κ2) is 9.02. The standard InChI is InChI=1S/C17H23N3O6/c1-10(2)13(15(22)19-12-3-6-18-16(23)14(12)21)20-17(24)26-8-5-11-4-7-25-9-11/h4,7,9-10,12-13H,3,5-6,8H2,1-2H3,(H,18,23)(H,19,22)(H,20,24). The number of ether oxygens (including phenoxy) is 1. The van der Waals surface area contributed by atoms with Crippen molar-refractivity contribution in [3.05, 3.63) is 24.2 Å². The van der Waals surface area contributed by atoms with Gasteiger partial charge in [-0.1, -0.05) is 13.8 Å². The summed E-state index contributed by atoms with van der Waals surface area (Å²) in [5.74, 6) is -2.16. The van der Waals surface area contributed by atoms with E-state index in [1.807, 2.05) is 0 Å². The SMILES string of the molecule is CC(C)C(NC(=O)OCCc1ccoc1)C(=O)NC1CCNC(=O)C1=O. The van der Waals surface area contributed by atoms with Crippen molar-refractivity contribution in [2.75, 3.05) is 13.2 Å². The highest BCUT2D eigenvalue weighted by Gasteiger charge is 2.33. The monoisotopic (exact) mass is 365 g/mol.